The van der Waals surface area contributed by atoms with Gasteiger partial charge in [0, 0.05) is 25.3 Å². The number of carbonyl (C=O) groups is 1. The van der Waals surface area contributed by atoms with E-state index in [2.05, 4.69) is 24.1 Å². The largest absolute Gasteiger partial charge is 0.444 e. The van der Waals surface area contributed by atoms with Crippen LogP contribution in [-0.2, 0) is 4.74 Å². The van der Waals surface area contributed by atoms with Gasteiger partial charge < -0.3 is 25.2 Å². The van der Waals surface area contributed by atoms with Crippen molar-refractivity contribution in [1.29, 1.82) is 0 Å². The van der Waals surface area contributed by atoms with Gasteiger partial charge in [0.1, 0.15) is 17.8 Å². The van der Waals surface area contributed by atoms with E-state index < -0.39 is 23.9 Å². The van der Waals surface area contributed by atoms with E-state index in [1.807, 2.05) is 12.1 Å². The van der Waals surface area contributed by atoms with Crippen LogP contribution >= 0.6 is 0 Å². The maximum atomic E-state index is 11.6. The Morgan fingerprint density at radius 2 is 1.71 bits per heavy atom. The number of amides is 1. The minimum absolute atomic E-state index is 0.0894. The summed E-state index contributed by atoms with van der Waals surface area (Å²) in [6, 6.07) is 7.41. The molecule has 24 heavy (non-hydrogen) atoms. The molecule has 2 atom stereocenters. The van der Waals surface area contributed by atoms with Gasteiger partial charge in [-0.1, -0.05) is 12.1 Å². The smallest absolute Gasteiger partial charge is 0.407 e. The average molecular weight is 338 g/mol. The van der Waals surface area contributed by atoms with Gasteiger partial charge in [0.05, 0.1) is 0 Å². The summed E-state index contributed by atoms with van der Waals surface area (Å²) >= 11 is 0. The summed E-state index contributed by atoms with van der Waals surface area (Å²) in [4.78, 5) is 13.8. The number of aliphatic hydroxyl groups excluding tert-OH is 2. The third kappa shape index (κ3) is 6.37. The van der Waals surface area contributed by atoms with Crippen molar-refractivity contribution < 1.29 is 19.7 Å². The Labute approximate surface area is 144 Å². The van der Waals surface area contributed by atoms with Gasteiger partial charge in [0.15, 0.2) is 0 Å². The van der Waals surface area contributed by atoms with Gasteiger partial charge >= 0.3 is 6.09 Å². The fourth-order valence-electron chi connectivity index (χ4n) is 2.31. The quantitative estimate of drug-likeness (QED) is 0.711. The Bertz CT molecular complexity index is 507. The van der Waals surface area contributed by atoms with Crippen LogP contribution < -0.4 is 10.2 Å². The third-order valence-corrected chi connectivity index (χ3v) is 3.58. The SMILES string of the molecule is CCN(CC)c1ccc(C(O)C(O)CNC(=O)OC(C)(C)C)cc1. The molecule has 0 saturated heterocycles. The lowest BCUT2D eigenvalue weighted by molar-refractivity contribution is 0.0129. The molecular formula is C18H30N2O4. The van der Waals surface area contributed by atoms with Gasteiger partial charge in [0.2, 0.25) is 0 Å². The minimum Gasteiger partial charge on any atom is -0.444 e. The second-order valence-electron chi connectivity index (χ2n) is 6.66. The predicted octanol–water partition coefficient (Wildman–Crippen LogP) is 2.45. The zero-order valence-corrected chi connectivity index (χ0v) is 15.2. The monoisotopic (exact) mass is 338 g/mol. The summed E-state index contributed by atoms with van der Waals surface area (Å²) in [5.41, 5.74) is 1.06. The van der Waals surface area contributed by atoms with Crippen LogP contribution in [0.4, 0.5) is 10.5 Å². The van der Waals surface area contributed by atoms with Crippen LogP contribution in [-0.4, -0.2) is 47.6 Å². The summed E-state index contributed by atoms with van der Waals surface area (Å²) in [7, 11) is 0. The summed E-state index contributed by atoms with van der Waals surface area (Å²) in [6.45, 7) is 11.2. The summed E-state index contributed by atoms with van der Waals surface area (Å²) in [5.74, 6) is 0. The summed E-state index contributed by atoms with van der Waals surface area (Å²) in [6.07, 6.45) is -2.81. The normalized spacial score (nSPS) is 14.0. The van der Waals surface area contributed by atoms with E-state index in [1.165, 1.54) is 0 Å². The molecule has 136 valence electrons. The van der Waals surface area contributed by atoms with Crippen LogP contribution in [0, 0.1) is 0 Å². The molecule has 0 radical (unpaired) electrons. The summed E-state index contributed by atoms with van der Waals surface area (Å²) < 4.78 is 5.09. The molecule has 3 N–H and O–H groups in total. The number of benzene rings is 1. The number of nitrogens with zero attached hydrogens (tertiary/aromatic N) is 1. The van der Waals surface area contributed by atoms with E-state index in [0.717, 1.165) is 18.8 Å². The molecule has 6 nitrogen and oxygen atoms in total. The topological polar surface area (TPSA) is 82.0 Å². The predicted molar refractivity (Wildman–Crippen MR) is 95.2 cm³/mol. The maximum Gasteiger partial charge on any atom is 0.407 e. The highest BCUT2D eigenvalue weighted by molar-refractivity contribution is 5.67. The highest BCUT2D eigenvalue weighted by atomic mass is 16.6. The number of anilines is 1. The van der Waals surface area contributed by atoms with E-state index in [0.29, 0.717) is 5.56 Å². The third-order valence-electron chi connectivity index (χ3n) is 3.58. The first kappa shape index (κ1) is 20.3. The molecule has 0 saturated carbocycles. The number of alkyl carbamates (subject to hydrolysis) is 1. The van der Waals surface area contributed by atoms with Crippen LogP contribution in [0.15, 0.2) is 24.3 Å². The number of ether oxygens (including phenoxy) is 1. The molecule has 0 aromatic heterocycles. The Hall–Kier alpha value is -1.79. The highest BCUT2D eigenvalue weighted by Gasteiger charge is 2.21. The molecule has 1 aromatic carbocycles. The van der Waals surface area contributed by atoms with Gasteiger partial charge in [-0.3, -0.25) is 0 Å². The van der Waals surface area contributed by atoms with Crippen LogP contribution in [0.2, 0.25) is 0 Å². The minimum atomic E-state index is -1.11. The molecule has 0 heterocycles. The molecule has 0 aliphatic heterocycles. The lowest BCUT2D eigenvalue weighted by Gasteiger charge is -2.23. The first-order valence-electron chi connectivity index (χ1n) is 8.35. The number of carbonyl (C=O) groups excluding carboxylic acids is 1. The molecule has 0 aliphatic rings. The highest BCUT2D eigenvalue weighted by Crippen LogP contribution is 2.21. The molecule has 0 bridgehead atoms. The number of hydrogen-bond acceptors (Lipinski definition) is 5. The van der Waals surface area contributed by atoms with Crippen molar-refractivity contribution in [2.45, 2.75) is 52.4 Å². The fourth-order valence-corrected chi connectivity index (χ4v) is 2.31. The van der Waals surface area contributed by atoms with Crippen LogP contribution in [0.25, 0.3) is 0 Å². The van der Waals surface area contributed by atoms with Gasteiger partial charge in [-0.05, 0) is 52.3 Å². The molecular weight excluding hydrogens is 308 g/mol. The van der Waals surface area contributed by atoms with Crippen molar-refractivity contribution >= 4 is 11.8 Å². The van der Waals surface area contributed by atoms with Crippen LogP contribution in [0.3, 0.4) is 0 Å². The van der Waals surface area contributed by atoms with E-state index in [4.69, 9.17) is 4.74 Å². The first-order valence-corrected chi connectivity index (χ1v) is 8.35. The zero-order valence-electron chi connectivity index (χ0n) is 15.2. The van der Waals surface area contributed by atoms with Gasteiger partial charge in [-0.2, -0.15) is 0 Å². The molecule has 0 spiro atoms. The van der Waals surface area contributed by atoms with Crippen molar-refractivity contribution in [1.82, 2.24) is 5.32 Å². The summed E-state index contributed by atoms with van der Waals surface area (Å²) in [5, 5.41) is 22.7. The molecule has 0 fully saturated rings. The van der Waals surface area contributed by atoms with Crippen molar-refractivity contribution in [3.8, 4) is 0 Å². The van der Waals surface area contributed by atoms with E-state index in [1.54, 1.807) is 32.9 Å². The standard InChI is InChI=1S/C18H30N2O4/c1-6-20(7-2)14-10-8-13(9-11-14)16(22)15(21)12-19-17(23)24-18(3,4)5/h8-11,15-16,21-22H,6-7,12H2,1-5H3,(H,19,23). The number of aliphatic hydroxyl groups is 2. The number of hydrogen-bond donors (Lipinski definition) is 3. The molecule has 2 unspecified atom stereocenters. The van der Waals surface area contributed by atoms with Gasteiger partial charge in [-0.15, -0.1) is 0 Å². The Balaban J connectivity index is 2.59. The lowest BCUT2D eigenvalue weighted by Crippen LogP contribution is -2.38. The van der Waals surface area contributed by atoms with Gasteiger partial charge in [-0.25, -0.2) is 4.79 Å². The number of nitrogens with one attached hydrogen (secondary N) is 1. The molecule has 1 aromatic rings. The van der Waals surface area contributed by atoms with Crippen molar-refractivity contribution in [3.05, 3.63) is 29.8 Å². The number of rotatable bonds is 7. The zero-order chi connectivity index (χ0) is 18.3. The maximum absolute atomic E-state index is 11.6. The molecule has 0 aliphatic carbocycles. The van der Waals surface area contributed by atoms with E-state index in [-0.39, 0.29) is 6.54 Å². The second kappa shape index (κ2) is 8.89. The second-order valence-corrected chi connectivity index (χ2v) is 6.66. The molecule has 6 heteroatoms. The van der Waals surface area contributed by atoms with Crippen molar-refractivity contribution in [2.24, 2.45) is 0 Å². The first-order chi connectivity index (χ1) is 11.2. The Kier molecular flexibility index (Phi) is 7.51. The van der Waals surface area contributed by atoms with Crippen molar-refractivity contribution in [2.75, 3.05) is 24.5 Å². The Morgan fingerprint density at radius 3 is 2.17 bits per heavy atom. The lowest BCUT2D eigenvalue weighted by atomic mass is 10.0. The fraction of sp³-hybridized carbons (Fsp3) is 0.611. The molecule has 1 amide bonds. The molecule has 1 rings (SSSR count). The van der Waals surface area contributed by atoms with Crippen LogP contribution in [0.1, 0.15) is 46.3 Å². The van der Waals surface area contributed by atoms with Crippen LogP contribution in [0.5, 0.6) is 0 Å². The Morgan fingerprint density at radius 1 is 1.17 bits per heavy atom. The average Bonchev–Trinajstić information content (AvgIpc) is 2.52. The van der Waals surface area contributed by atoms with Gasteiger partial charge in [0.25, 0.3) is 0 Å². The van der Waals surface area contributed by atoms with Crippen molar-refractivity contribution in [3.63, 3.8) is 0 Å². The van der Waals surface area contributed by atoms with E-state index >= 15 is 0 Å². The van der Waals surface area contributed by atoms with E-state index in [9.17, 15) is 15.0 Å².